The van der Waals surface area contributed by atoms with Gasteiger partial charge in [0.25, 0.3) is 11.8 Å². The maximum atomic E-state index is 14.3. The van der Waals surface area contributed by atoms with Crippen LogP contribution in [-0.4, -0.2) is 23.2 Å². The zero-order valence-corrected chi connectivity index (χ0v) is 14.6. The van der Waals surface area contributed by atoms with Gasteiger partial charge in [0.1, 0.15) is 5.82 Å². The highest BCUT2D eigenvalue weighted by molar-refractivity contribution is 5.99. The Morgan fingerprint density at radius 1 is 0.893 bits per heavy atom. The Bertz CT molecular complexity index is 1040. The maximum absolute atomic E-state index is 14.3. The summed E-state index contributed by atoms with van der Waals surface area (Å²) in [7, 11) is 0. The number of amides is 2. The van der Waals surface area contributed by atoms with E-state index >= 15 is 0 Å². The lowest BCUT2D eigenvalue weighted by molar-refractivity contribution is 0.0706. The Balaban J connectivity index is 1.69. The number of hydrogen-bond donors (Lipinski definition) is 3. The molecule has 3 N–H and O–H groups in total. The molecule has 0 spiro atoms. The van der Waals surface area contributed by atoms with Gasteiger partial charge in [0.05, 0.1) is 6.21 Å². The minimum Gasteiger partial charge on any atom is -0.288 e. The summed E-state index contributed by atoms with van der Waals surface area (Å²) < 4.78 is 14.3. The van der Waals surface area contributed by atoms with Gasteiger partial charge in [0, 0.05) is 16.7 Å². The Hall–Kier alpha value is -3.84. The van der Waals surface area contributed by atoms with Crippen LogP contribution in [0.4, 0.5) is 4.39 Å². The van der Waals surface area contributed by atoms with Crippen LogP contribution >= 0.6 is 0 Å². The molecule has 3 aromatic carbocycles. The normalized spacial score (nSPS) is 10.6. The smallest absolute Gasteiger partial charge is 0.274 e. The molecule has 0 bridgehead atoms. The summed E-state index contributed by atoms with van der Waals surface area (Å²) in [5, 5.41) is 12.5. The number of halogens is 1. The summed E-state index contributed by atoms with van der Waals surface area (Å²) in [6.45, 7) is 0. The fourth-order valence-electron chi connectivity index (χ4n) is 2.56. The van der Waals surface area contributed by atoms with Gasteiger partial charge in [0.15, 0.2) is 0 Å². The number of hydrogen-bond acceptors (Lipinski definition) is 4. The highest BCUT2D eigenvalue weighted by Gasteiger charge is 2.09. The molecule has 0 saturated heterocycles. The maximum Gasteiger partial charge on any atom is 0.274 e. The van der Waals surface area contributed by atoms with Gasteiger partial charge in [-0.25, -0.2) is 15.3 Å². The van der Waals surface area contributed by atoms with E-state index in [2.05, 4.69) is 10.5 Å². The van der Waals surface area contributed by atoms with Gasteiger partial charge in [-0.05, 0) is 35.4 Å². The second-order valence-electron chi connectivity index (χ2n) is 5.83. The molecular weight excluding hydrogens is 361 g/mol. The third-order valence-corrected chi connectivity index (χ3v) is 3.95. The van der Waals surface area contributed by atoms with E-state index in [0.29, 0.717) is 11.1 Å². The Kier molecular flexibility index (Phi) is 5.88. The van der Waals surface area contributed by atoms with E-state index in [1.54, 1.807) is 12.1 Å². The molecule has 7 heteroatoms. The molecule has 3 rings (SSSR count). The first-order valence-electron chi connectivity index (χ1n) is 8.31. The molecule has 0 fully saturated rings. The lowest BCUT2D eigenvalue weighted by Gasteiger charge is -2.05. The Morgan fingerprint density at radius 2 is 1.61 bits per heavy atom. The van der Waals surface area contributed by atoms with Gasteiger partial charge >= 0.3 is 0 Å². The van der Waals surface area contributed by atoms with E-state index in [-0.39, 0.29) is 11.1 Å². The first-order valence-corrected chi connectivity index (χ1v) is 8.31. The van der Waals surface area contributed by atoms with Crippen molar-refractivity contribution in [2.24, 2.45) is 5.10 Å². The quantitative estimate of drug-likeness (QED) is 0.362. The van der Waals surface area contributed by atoms with Gasteiger partial charge in [-0.1, -0.05) is 48.5 Å². The minimum absolute atomic E-state index is 0.123. The highest BCUT2D eigenvalue weighted by Crippen LogP contribution is 2.22. The monoisotopic (exact) mass is 377 g/mol. The summed E-state index contributed by atoms with van der Waals surface area (Å²) in [5.74, 6) is -1.68. The molecule has 140 valence electrons. The van der Waals surface area contributed by atoms with Gasteiger partial charge in [-0.3, -0.25) is 14.8 Å². The molecule has 0 radical (unpaired) electrons. The zero-order chi connectivity index (χ0) is 19.9. The topological polar surface area (TPSA) is 90.8 Å². The van der Waals surface area contributed by atoms with Crippen LogP contribution in [0.3, 0.4) is 0 Å². The van der Waals surface area contributed by atoms with Gasteiger partial charge < -0.3 is 0 Å². The third kappa shape index (κ3) is 4.46. The van der Waals surface area contributed by atoms with Crippen molar-refractivity contribution in [2.45, 2.75) is 0 Å². The summed E-state index contributed by atoms with van der Waals surface area (Å²) in [6, 6.07) is 19.6. The third-order valence-electron chi connectivity index (χ3n) is 3.95. The van der Waals surface area contributed by atoms with Crippen molar-refractivity contribution >= 4 is 18.0 Å². The highest BCUT2D eigenvalue weighted by atomic mass is 19.1. The number of carbonyl (C=O) groups excluding carboxylic acids is 2. The summed E-state index contributed by atoms with van der Waals surface area (Å²) in [4.78, 5) is 23.5. The minimum atomic E-state index is -0.730. The lowest BCUT2D eigenvalue weighted by Crippen LogP contribution is -2.21. The predicted molar refractivity (Wildman–Crippen MR) is 103 cm³/mol. The van der Waals surface area contributed by atoms with Crippen molar-refractivity contribution in [3.8, 4) is 11.1 Å². The first kappa shape index (κ1) is 18.9. The van der Waals surface area contributed by atoms with Crippen LogP contribution in [0.5, 0.6) is 0 Å². The van der Waals surface area contributed by atoms with E-state index in [0.717, 1.165) is 5.56 Å². The number of rotatable bonds is 5. The molecular formula is C21H16FN3O3. The fourth-order valence-corrected chi connectivity index (χ4v) is 2.56. The molecule has 28 heavy (non-hydrogen) atoms. The molecule has 6 nitrogen and oxygen atoms in total. The second-order valence-corrected chi connectivity index (χ2v) is 5.83. The molecule has 0 heterocycles. The summed E-state index contributed by atoms with van der Waals surface area (Å²) >= 11 is 0. The number of hydroxylamine groups is 1. The van der Waals surface area contributed by atoms with E-state index in [1.807, 2.05) is 30.3 Å². The van der Waals surface area contributed by atoms with Crippen molar-refractivity contribution in [3.05, 3.63) is 95.3 Å². The summed E-state index contributed by atoms with van der Waals surface area (Å²) in [6.07, 6.45) is 1.32. The van der Waals surface area contributed by atoms with Gasteiger partial charge in [-0.15, -0.1) is 0 Å². The predicted octanol–water partition coefficient (Wildman–Crippen LogP) is 3.38. The molecule has 0 atom stereocenters. The van der Waals surface area contributed by atoms with Crippen LogP contribution in [0.1, 0.15) is 26.3 Å². The van der Waals surface area contributed by atoms with Crippen LogP contribution in [0.25, 0.3) is 11.1 Å². The SMILES string of the molecule is O=C(NO)c1cccc(C(=O)N/N=C/c2ccc(-c3ccccc3)c(F)c2)c1. The van der Waals surface area contributed by atoms with Crippen LogP contribution in [0.15, 0.2) is 77.9 Å². The number of nitrogens with one attached hydrogen (secondary N) is 2. The lowest BCUT2D eigenvalue weighted by atomic mass is 10.0. The number of carbonyl (C=O) groups is 2. The van der Waals surface area contributed by atoms with Crippen LogP contribution < -0.4 is 10.9 Å². The van der Waals surface area contributed by atoms with E-state index in [9.17, 15) is 14.0 Å². The van der Waals surface area contributed by atoms with Crippen LogP contribution in [0, 0.1) is 5.82 Å². The number of hydrazone groups is 1. The van der Waals surface area contributed by atoms with Crippen molar-refractivity contribution in [2.75, 3.05) is 0 Å². The van der Waals surface area contributed by atoms with Crippen molar-refractivity contribution in [3.63, 3.8) is 0 Å². The van der Waals surface area contributed by atoms with Gasteiger partial charge in [-0.2, -0.15) is 5.10 Å². The largest absolute Gasteiger partial charge is 0.288 e. The zero-order valence-electron chi connectivity index (χ0n) is 14.6. The molecule has 0 aliphatic heterocycles. The Morgan fingerprint density at radius 3 is 2.29 bits per heavy atom. The molecule has 0 unspecified atom stereocenters. The molecule has 0 aliphatic rings. The molecule has 0 aromatic heterocycles. The summed E-state index contributed by atoms with van der Waals surface area (Å²) in [5.41, 5.74) is 5.83. The van der Waals surface area contributed by atoms with Crippen molar-refractivity contribution < 1.29 is 19.2 Å². The Labute approximate surface area is 160 Å². The fraction of sp³-hybridized carbons (Fsp3) is 0. The molecule has 0 saturated carbocycles. The van der Waals surface area contributed by atoms with Crippen LogP contribution in [-0.2, 0) is 0 Å². The van der Waals surface area contributed by atoms with Crippen molar-refractivity contribution in [1.82, 2.24) is 10.9 Å². The molecule has 0 aliphatic carbocycles. The van der Waals surface area contributed by atoms with E-state index in [4.69, 9.17) is 5.21 Å². The van der Waals surface area contributed by atoms with Crippen molar-refractivity contribution in [1.29, 1.82) is 0 Å². The second kappa shape index (κ2) is 8.70. The van der Waals surface area contributed by atoms with Crippen LogP contribution in [0.2, 0.25) is 0 Å². The first-order chi connectivity index (χ1) is 13.6. The van der Waals surface area contributed by atoms with Gasteiger partial charge in [0.2, 0.25) is 0 Å². The van der Waals surface area contributed by atoms with E-state index in [1.165, 1.54) is 42.0 Å². The standard InChI is InChI=1S/C21H16FN3O3/c22-19-11-14(9-10-18(19)15-5-2-1-3-6-15)13-23-24-20(26)16-7-4-8-17(12-16)21(27)25-28/h1-13,28H,(H,24,26)(H,25,27)/b23-13+. The average Bonchev–Trinajstić information content (AvgIpc) is 2.74. The van der Waals surface area contributed by atoms with E-state index < -0.39 is 17.6 Å². The molecule has 2 amide bonds. The number of benzene rings is 3. The average molecular weight is 377 g/mol. The molecule has 3 aromatic rings. The number of nitrogens with zero attached hydrogens (tertiary/aromatic N) is 1.